The first-order valence-corrected chi connectivity index (χ1v) is 8.81. The Bertz CT molecular complexity index is 535. The number of hydrogen-bond donors (Lipinski definition) is 1. The van der Waals surface area contributed by atoms with E-state index >= 15 is 0 Å². The summed E-state index contributed by atoms with van der Waals surface area (Å²) in [6, 6.07) is 9.79. The zero-order valence-corrected chi connectivity index (χ0v) is 13.7. The predicted molar refractivity (Wildman–Crippen MR) is 89.2 cm³/mol. The highest BCUT2D eigenvalue weighted by atomic mass is 16.5. The Kier molecular flexibility index (Phi) is 5.53. The number of hydrogen-bond acceptors (Lipinski definition) is 4. The van der Waals surface area contributed by atoms with Crippen LogP contribution in [0, 0.1) is 17.2 Å². The van der Waals surface area contributed by atoms with Crippen molar-refractivity contribution in [3.05, 3.63) is 29.8 Å². The normalized spacial score (nSPS) is 26.1. The summed E-state index contributed by atoms with van der Waals surface area (Å²) in [5, 5.41) is 19.1. The summed E-state index contributed by atoms with van der Waals surface area (Å²) in [6.07, 6.45) is 7.50. The van der Waals surface area contributed by atoms with Crippen LogP contribution in [0.15, 0.2) is 24.3 Å². The van der Waals surface area contributed by atoms with Crippen molar-refractivity contribution in [2.45, 2.75) is 50.7 Å². The van der Waals surface area contributed by atoms with E-state index in [9.17, 15) is 5.11 Å². The van der Waals surface area contributed by atoms with Gasteiger partial charge >= 0.3 is 0 Å². The van der Waals surface area contributed by atoms with Gasteiger partial charge in [0.05, 0.1) is 11.6 Å². The highest BCUT2D eigenvalue weighted by Gasteiger charge is 2.33. The Morgan fingerprint density at radius 3 is 2.70 bits per heavy atom. The van der Waals surface area contributed by atoms with Gasteiger partial charge in [0.1, 0.15) is 18.5 Å². The van der Waals surface area contributed by atoms with E-state index in [2.05, 4.69) is 11.0 Å². The summed E-state index contributed by atoms with van der Waals surface area (Å²) >= 11 is 0. The summed E-state index contributed by atoms with van der Waals surface area (Å²) < 4.78 is 5.66. The molecule has 1 saturated carbocycles. The third-order valence-corrected chi connectivity index (χ3v) is 5.23. The Morgan fingerprint density at radius 2 is 1.91 bits per heavy atom. The average molecular weight is 314 g/mol. The van der Waals surface area contributed by atoms with Crippen molar-refractivity contribution < 1.29 is 9.84 Å². The van der Waals surface area contributed by atoms with Gasteiger partial charge in [-0.1, -0.05) is 12.8 Å². The average Bonchev–Trinajstić information content (AvgIpc) is 2.61. The van der Waals surface area contributed by atoms with Gasteiger partial charge in [-0.3, -0.25) is 4.90 Å². The maximum Gasteiger partial charge on any atom is 0.119 e. The Balaban J connectivity index is 1.48. The Morgan fingerprint density at radius 1 is 1.17 bits per heavy atom. The molecule has 1 heterocycles. The van der Waals surface area contributed by atoms with E-state index < -0.39 is 6.10 Å². The number of rotatable bonds is 5. The first-order chi connectivity index (χ1) is 11.3. The molecular formula is C19H26N2O2. The fourth-order valence-corrected chi connectivity index (χ4v) is 4.10. The van der Waals surface area contributed by atoms with Gasteiger partial charge in [-0.05, 0) is 62.4 Å². The van der Waals surface area contributed by atoms with E-state index in [-0.39, 0.29) is 0 Å². The van der Waals surface area contributed by atoms with Crippen LogP contribution >= 0.6 is 0 Å². The molecule has 4 heteroatoms. The Labute approximate surface area is 138 Å². The number of nitriles is 1. The largest absolute Gasteiger partial charge is 0.491 e. The van der Waals surface area contributed by atoms with Crippen molar-refractivity contribution >= 4 is 0 Å². The molecule has 1 aromatic carbocycles. The van der Waals surface area contributed by atoms with Crippen molar-refractivity contribution in [3.8, 4) is 11.8 Å². The van der Waals surface area contributed by atoms with Crippen molar-refractivity contribution in [2.24, 2.45) is 5.92 Å². The molecule has 4 nitrogen and oxygen atoms in total. The van der Waals surface area contributed by atoms with Gasteiger partial charge < -0.3 is 9.84 Å². The van der Waals surface area contributed by atoms with Crippen LogP contribution < -0.4 is 4.74 Å². The lowest BCUT2D eigenvalue weighted by Gasteiger charge is -2.44. The number of benzene rings is 1. The number of aliphatic hydroxyl groups is 1. The minimum Gasteiger partial charge on any atom is -0.491 e. The van der Waals surface area contributed by atoms with Crippen LogP contribution in [0.5, 0.6) is 5.75 Å². The molecule has 0 unspecified atom stereocenters. The molecule has 0 radical (unpaired) electrons. The topological polar surface area (TPSA) is 56.5 Å². The van der Waals surface area contributed by atoms with Gasteiger partial charge in [0.15, 0.2) is 0 Å². The van der Waals surface area contributed by atoms with E-state index in [0.29, 0.717) is 30.5 Å². The van der Waals surface area contributed by atoms with Crippen LogP contribution in [0.1, 0.15) is 44.1 Å². The molecular weight excluding hydrogens is 288 g/mol. The minimum atomic E-state index is -0.466. The standard InChI is InChI=1S/C19H26N2O2/c20-12-15-7-9-18(10-8-15)23-14-17(22)13-21-11-3-5-16-4-1-2-6-19(16)21/h7-10,16-17,19,22H,1-6,11,13-14H2/t16-,17-,19-/m1/s1. The first-order valence-electron chi connectivity index (χ1n) is 8.81. The van der Waals surface area contributed by atoms with E-state index in [4.69, 9.17) is 10.00 Å². The van der Waals surface area contributed by atoms with Gasteiger partial charge in [-0.2, -0.15) is 5.26 Å². The van der Waals surface area contributed by atoms with Crippen LogP contribution in [0.2, 0.25) is 0 Å². The van der Waals surface area contributed by atoms with Crippen molar-refractivity contribution in [3.63, 3.8) is 0 Å². The molecule has 0 amide bonds. The number of fused-ring (bicyclic) bond motifs is 1. The molecule has 3 rings (SSSR count). The lowest BCUT2D eigenvalue weighted by atomic mass is 9.78. The first kappa shape index (κ1) is 16.3. The lowest BCUT2D eigenvalue weighted by Crippen LogP contribution is -2.50. The maximum atomic E-state index is 10.3. The third-order valence-electron chi connectivity index (χ3n) is 5.23. The number of β-amino-alcohol motifs (C(OH)–C–C–N with tert-alkyl or cyclic N) is 1. The molecule has 23 heavy (non-hydrogen) atoms. The number of piperidine rings is 1. The Hall–Kier alpha value is -1.57. The van der Waals surface area contributed by atoms with Gasteiger partial charge in [-0.25, -0.2) is 0 Å². The molecule has 1 aromatic rings. The van der Waals surface area contributed by atoms with Crippen LogP contribution in [-0.4, -0.2) is 41.8 Å². The van der Waals surface area contributed by atoms with Gasteiger partial charge in [0.2, 0.25) is 0 Å². The molecule has 124 valence electrons. The quantitative estimate of drug-likeness (QED) is 0.908. The maximum absolute atomic E-state index is 10.3. The number of ether oxygens (including phenoxy) is 1. The summed E-state index contributed by atoms with van der Waals surface area (Å²) in [5.41, 5.74) is 0.620. The summed E-state index contributed by atoms with van der Waals surface area (Å²) in [7, 11) is 0. The molecule has 3 atom stereocenters. The molecule has 1 saturated heterocycles. The third kappa shape index (κ3) is 4.25. The molecule has 0 spiro atoms. The van der Waals surface area contributed by atoms with Gasteiger partial charge in [0.25, 0.3) is 0 Å². The summed E-state index contributed by atoms with van der Waals surface area (Å²) in [5.74, 6) is 1.54. The number of likely N-dealkylation sites (tertiary alicyclic amines) is 1. The summed E-state index contributed by atoms with van der Waals surface area (Å²) in [6.45, 7) is 2.12. The fourth-order valence-electron chi connectivity index (χ4n) is 4.10. The second-order valence-electron chi connectivity index (χ2n) is 6.85. The van der Waals surface area contributed by atoms with E-state index in [1.807, 2.05) is 0 Å². The molecule has 2 aliphatic rings. The molecule has 1 aliphatic carbocycles. The molecule has 0 bridgehead atoms. The second-order valence-corrected chi connectivity index (χ2v) is 6.85. The summed E-state index contributed by atoms with van der Waals surface area (Å²) in [4.78, 5) is 2.49. The zero-order valence-electron chi connectivity index (χ0n) is 13.7. The van der Waals surface area contributed by atoms with Crippen LogP contribution in [0.3, 0.4) is 0 Å². The van der Waals surface area contributed by atoms with Crippen LogP contribution in [-0.2, 0) is 0 Å². The van der Waals surface area contributed by atoms with Crippen molar-refractivity contribution in [1.29, 1.82) is 5.26 Å². The molecule has 1 aliphatic heterocycles. The zero-order chi connectivity index (χ0) is 16.1. The smallest absolute Gasteiger partial charge is 0.119 e. The van der Waals surface area contributed by atoms with E-state index in [0.717, 1.165) is 12.5 Å². The molecule has 1 N–H and O–H groups in total. The predicted octanol–water partition coefficient (Wildman–Crippen LogP) is 2.95. The number of aliphatic hydroxyl groups excluding tert-OH is 1. The van der Waals surface area contributed by atoms with Crippen LogP contribution in [0.4, 0.5) is 0 Å². The lowest BCUT2D eigenvalue weighted by molar-refractivity contribution is 0.00654. The van der Waals surface area contributed by atoms with Crippen molar-refractivity contribution in [1.82, 2.24) is 4.90 Å². The second kappa shape index (κ2) is 7.81. The highest BCUT2D eigenvalue weighted by molar-refractivity contribution is 5.34. The monoisotopic (exact) mass is 314 g/mol. The minimum absolute atomic E-state index is 0.305. The van der Waals surface area contributed by atoms with Gasteiger partial charge in [0, 0.05) is 12.6 Å². The number of nitrogens with zero attached hydrogens (tertiary/aromatic N) is 2. The van der Waals surface area contributed by atoms with Crippen molar-refractivity contribution in [2.75, 3.05) is 19.7 Å². The SMILES string of the molecule is N#Cc1ccc(OC[C@H](O)CN2CCC[C@H]3CCCC[C@H]32)cc1. The highest BCUT2D eigenvalue weighted by Crippen LogP contribution is 2.35. The van der Waals surface area contributed by atoms with E-state index in [1.54, 1.807) is 24.3 Å². The molecule has 2 fully saturated rings. The molecule has 0 aromatic heterocycles. The van der Waals surface area contributed by atoms with Gasteiger partial charge in [-0.15, -0.1) is 0 Å². The van der Waals surface area contributed by atoms with E-state index in [1.165, 1.54) is 38.5 Å². The van der Waals surface area contributed by atoms with Crippen LogP contribution in [0.25, 0.3) is 0 Å². The fraction of sp³-hybridized carbons (Fsp3) is 0.632.